The molecule has 0 unspecified atom stereocenters. The fourth-order valence-corrected chi connectivity index (χ4v) is 4.26. The Kier molecular flexibility index (Phi) is 5.24. The Morgan fingerprint density at radius 3 is 2.50 bits per heavy atom. The second kappa shape index (κ2) is 7.28. The van der Waals surface area contributed by atoms with E-state index in [1.807, 2.05) is 29.2 Å². The van der Waals surface area contributed by atoms with Gasteiger partial charge in [0, 0.05) is 11.3 Å². The number of rotatable bonds is 3. The summed E-state index contributed by atoms with van der Waals surface area (Å²) in [7, 11) is 0. The predicted molar refractivity (Wildman–Crippen MR) is 112 cm³/mol. The smallest absolute Gasteiger partial charge is 0.260 e. The van der Waals surface area contributed by atoms with Crippen LogP contribution in [0.2, 0.25) is 0 Å². The van der Waals surface area contributed by atoms with E-state index in [9.17, 15) is 4.79 Å². The molecule has 1 saturated heterocycles. The maximum Gasteiger partial charge on any atom is 0.260 e. The minimum Gasteiger partial charge on any atom is -0.281 e. The minimum absolute atomic E-state index is 0.0201. The molecule has 26 heavy (non-hydrogen) atoms. The van der Waals surface area contributed by atoms with Gasteiger partial charge in [-0.2, -0.15) is 0 Å². The van der Waals surface area contributed by atoms with Gasteiger partial charge in [-0.25, -0.2) is 4.99 Å². The summed E-state index contributed by atoms with van der Waals surface area (Å²) in [4.78, 5) is 20.0. The summed E-state index contributed by atoms with van der Waals surface area (Å²) >= 11 is 1.65. The fourth-order valence-electron chi connectivity index (χ4n) is 3.03. The molecule has 0 radical (unpaired) electrons. The van der Waals surface area contributed by atoms with E-state index in [2.05, 4.69) is 52.8 Å². The zero-order valence-electron chi connectivity index (χ0n) is 16.2. The van der Waals surface area contributed by atoms with Crippen molar-refractivity contribution in [1.82, 2.24) is 4.90 Å². The van der Waals surface area contributed by atoms with Crippen LogP contribution in [-0.4, -0.2) is 27.3 Å². The Hall–Kier alpha value is -2.07. The molecule has 4 heteroatoms. The largest absolute Gasteiger partial charge is 0.281 e. The Morgan fingerprint density at radius 2 is 1.85 bits per heavy atom. The highest BCUT2D eigenvalue weighted by Gasteiger charge is 2.41. The molecule has 0 N–H and O–H groups in total. The molecule has 0 atom stereocenters. The van der Waals surface area contributed by atoms with E-state index in [4.69, 9.17) is 4.99 Å². The number of carbonyl (C=O) groups excluding carboxylic acids is 1. The molecule has 2 aromatic rings. The van der Waals surface area contributed by atoms with Crippen molar-refractivity contribution in [2.45, 2.75) is 46.6 Å². The Bertz CT molecular complexity index is 853. The Labute approximate surface area is 160 Å². The Morgan fingerprint density at radius 1 is 1.15 bits per heavy atom. The number of benzene rings is 2. The average molecular weight is 367 g/mol. The van der Waals surface area contributed by atoms with Gasteiger partial charge < -0.3 is 0 Å². The SMILES string of the molecule is CCc1ccc(C(=O)N2C(=Nc3cc(C)ccc3C)SCC2(C)C)cc1. The van der Waals surface area contributed by atoms with Gasteiger partial charge in [-0.1, -0.05) is 43.0 Å². The van der Waals surface area contributed by atoms with Gasteiger partial charge in [0.2, 0.25) is 0 Å². The van der Waals surface area contributed by atoms with E-state index < -0.39 is 0 Å². The first-order valence-corrected chi connectivity index (χ1v) is 10.0. The summed E-state index contributed by atoms with van der Waals surface area (Å²) in [5, 5.41) is 0.785. The first kappa shape index (κ1) is 18.7. The first-order valence-electron chi connectivity index (χ1n) is 9.04. The van der Waals surface area contributed by atoms with Crippen molar-refractivity contribution in [2.24, 2.45) is 4.99 Å². The number of aliphatic imine (C=N–C) groups is 1. The summed E-state index contributed by atoms with van der Waals surface area (Å²) in [5.74, 6) is 0.863. The zero-order chi connectivity index (χ0) is 18.9. The quantitative estimate of drug-likeness (QED) is 0.716. The van der Waals surface area contributed by atoms with Crippen molar-refractivity contribution >= 4 is 28.5 Å². The molecule has 0 aliphatic carbocycles. The number of amidine groups is 1. The molecule has 3 rings (SSSR count). The normalized spacial score (nSPS) is 17.7. The van der Waals surface area contributed by atoms with Gasteiger partial charge in [0.1, 0.15) is 0 Å². The van der Waals surface area contributed by atoms with Crippen LogP contribution >= 0.6 is 11.8 Å². The van der Waals surface area contributed by atoms with Crippen molar-refractivity contribution < 1.29 is 4.79 Å². The lowest BCUT2D eigenvalue weighted by molar-refractivity contribution is 0.0767. The third-order valence-corrected chi connectivity index (χ3v) is 6.13. The third-order valence-electron chi connectivity index (χ3n) is 4.74. The molecule has 1 fully saturated rings. The van der Waals surface area contributed by atoms with Gasteiger partial charge in [0.05, 0.1) is 11.2 Å². The van der Waals surface area contributed by atoms with Gasteiger partial charge in [-0.15, -0.1) is 0 Å². The van der Waals surface area contributed by atoms with Crippen LogP contribution in [0.25, 0.3) is 0 Å². The van der Waals surface area contributed by atoms with E-state index >= 15 is 0 Å². The molecule has 0 bridgehead atoms. The number of aryl methyl sites for hydroxylation is 3. The van der Waals surface area contributed by atoms with Gasteiger partial charge in [-0.3, -0.25) is 9.69 Å². The van der Waals surface area contributed by atoms with Crippen molar-refractivity contribution in [3.8, 4) is 0 Å². The van der Waals surface area contributed by atoms with Crippen molar-refractivity contribution in [3.63, 3.8) is 0 Å². The van der Waals surface area contributed by atoms with Crippen LogP contribution in [0.3, 0.4) is 0 Å². The highest BCUT2D eigenvalue weighted by molar-refractivity contribution is 8.14. The average Bonchev–Trinajstić information content (AvgIpc) is 2.92. The number of hydrogen-bond donors (Lipinski definition) is 0. The number of thioether (sulfide) groups is 1. The first-order chi connectivity index (χ1) is 12.3. The van der Waals surface area contributed by atoms with Crippen LogP contribution in [0.5, 0.6) is 0 Å². The van der Waals surface area contributed by atoms with Crippen LogP contribution in [0, 0.1) is 13.8 Å². The highest BCUT2D eigenvalue weighted by Crippen LogP contribution is 2.36. The number of amides is 1. The molecule has 136 valence electrons. The number of nitrogens with zero attached hydrogens (tertiary/aromatic N) is 2. The van der Waals surface area contributed by atoms with Crippen LogP contribution in [0.1, 0.15) is 47.8 Å². The van der Waals surface area contributed by atoms with E-state index in [-0.39, 0.29) is 11.4 Å². The zero-order valence-corrected chi connectivity index (χ0v) is 17.0. The third kappa shape index (κ3) is 3.70. The summed E-state index contributed by atoms with van der Waals surface area (Å²) in [6.45, 7) is 10.4. The summed E-state index contributed by atoms with van der Waals surface area (Å²) < 4.78 is 0. The summed E-state index contributed by atoms with van der Waals surface area (Å²) in [6.07, 6.45) is 0.971. The van der Waals surface area contributed by atoms with E-state index in [0.717, 1.165) is 28.6 Å². The van der Waals surface area contributed by atoms with Crippen molar-refractivity contribution in [3.05, 3.63) is 64.7 Å². The van der Waals surface area contributed by atoms with Crippen molar-refractivity contribution in [2.75, 3.05) is 5.75 Å². The second-order valence-corrected chi connectivity index (χ2v) is 8.42. The minimum atomic E-state index is -0.262. The van der Waals surface area contributed by atoms with Crippen LogP contribution < -0.4 is 0 Å². The van der Waals surface area contributed by atoms with Gasteiger partial charge in [0.25, 0.3) is 5.91 Å². The Balaban J connectivity index is 1.99. The van der Waals surface area contributed by atoms with Gasteiger partial charge in [0.15, 0.2) is 5.17 Å². The predicted octanol–water partition coefficient (Wildman–Crippen LogP) is 5.52. The molecule has 0 spiro atoms. The lowest BCUT2D eigenvalue weighted by Crippen LogP contribution is -2.46. The molecule has 1 aliphatic rings. The van der Waals surface area contributed by atoms with Gasteiger partial charge >= 0.3 is 0 Å². The topological polar surface area (TPSA) is 32.7 Å². The molecule has 1 amide bonds. The number of hydrogen-bond acceptors (Lipinski definition) is 3. The monoisotopic (exact) mass is 366 g/mol. The summed E-state index contributed by atoms with van der Waals surface area (Å²) in [5.41, 5.74) is 4.91. The van der Waals surface area contributed by atoms with Crippen LogP contribution in [-0.2, 0) is 6.42 Å². The lowest BCUT2D eigenvalue weighted by atomic mass is 10.0. The van der Waals surface area contributed by atoms with E-state index in [0.29, 0.717) is 5.56 Å². The maximum absolute atomic E-state index is 13.2. The van der Waals surface area contributed by atoms with Crippen LogP contribution in [0.15, 0.2) is 47.5 Å². The molecule has 3 nitrogen and oxygen atoms in total. The van der Waals surface area contributed by atoms with Crippen LogP contribution in [0.4, 0.5) is 5.69 Å². The second-order valence-electron chi connectivity index (χ2n) is 7.48. The molecule has 0 saturated carbocycles. The fraction of sp³-hybridized carbons (Fsp3) is 0.364. The molecule has 1 heterocycles. The summed E-state index contributed by atoms with van der Waals surface area (Å²) in [6, 6.07) is 14.2. The van der Waals surface area contributed by atoms with E-state index in [1.54, 1.807) is 11.8 Å². The maximum atomic E-state index is 13.2. The standard InChI is InChI=1S/C22H26N2OS/c1-6-17-9-11-18(12-10-17)20(25)24-21(26-14-22(24,4)5)23-19-13-15(2)7-8-16(19)3/h7-13H,6,14H2,1-5H3. The number of carbonyl (C=O) groups is 1. The van der Waals surface area contributed by atoms with Crippen molar-refractivity contribution in [1.29, 1.82) is 0 Å². The molecule has 1 aliphatic heterocycles. The molecular weight excluding hydrogens is 340 g/mol. The molecular formula is C22H26N2OS. The lowest BCUT2D eigenvalue weighted by Gasteiger charge is -2.30. The molecule has 2 aromatic carbocycles. The molecule has 0 aromatic heterocycles. The van der Waals surface area contributed by atoms with Gasteiger partial charge in [-0.05, 0) is 69.0 Å². The van der Waals surface area contributed by atoms with E-state index in [1.165, 1.54) is 11.1 Å². The highest BCUT2D eigenvalue weighted by atomic mass is 32.2.